The fraction of sp³-hybridized carbons (Fsp3) is 0.516. The number of hydrogen-bond donors (Lipinski definition) is 1. The Morgan fingerprint density at radius 1 is 1.10 bits per heavy atom. The molecule has 0 aliphatic carbocycles. The average Bonchev–Trinajstić information content (AvgIpc) is 3.31. The monoisotopic (exact) mass is 555 g/mol. The van der Waals surface area contributed by atoms with Crippen molar-refractivity contribution in [3.8, 4) is 11.4 Å². The third kappa shape index (κ3) is 8.58. The number of carbonyl (C=O) groups is 1. The molecular weight excluding hydrogens is 512 g/mol. The molecule has 218 valence electrons. The lowest BCUT2D eigenvalue weighted by Crippen LogP contribution is -2.51. The summed E-state index contributed by atoms with van der Waals surface area (Å²) in [7, 11) is 0. The van der Waals surface area contributed by atoms with Crippen molar-refractivity contribution in [3.05, 3.63) is 71.6 Å². The van der Waals surface area contributed by atoms with Gasteiger partial charge in [0, 0.05) is 25.6 Å². The average molecular weight is 556 g/mol. The lowest BCUT2D eigenvalue weighted by Gasteiger charge is -2.35. The molecular formula is C31H43F2N5O2. The second-order valence-corrected chi connectivity index (χ2v) is 11.5. The van der Waals surface area contributed by atoms with Crippen LogP contribution in [0.2, 0.25) is 0 Å². The van der Waals surface area contributed by atoms with Crippen LogP contribution in [0.1, 0.15) is 72.2 Å². The minimum absolute atomic E-state index is 0.0360. The van der Waals surface area contributed by atoms with E-state index >= 15 is 0 Å². The number of aromatic nitrogens is 3. The highest BCUT2D eigenvalue weighted by Gasteiger charge is 2.28. The van der Waals surface area contributed by atoms with Crippen molar-refractivity contribution >= 4 is 6.03 Å². The maximum atomic E-state index is 14.2. The van der Waals surface area contributed by atoms with Gasteiger partial charge >= 0.3 is 6.03 Å². The minimum Gasteiger partial charge on any atom is -0.372 e. The second kappa shape index (κ2) is 13.8. The van der Waals surface area contributed by atoms with Gasteiger partial charge in [-0.3, -0.25) is 0 Å². The number of nitrogens with one attached hydrogen (secondary N) is 1. The Morgan fingerprint density at radius 3 is 2.35 bits per heavy atom. The van der Waals surface area contributed by atoms with Gasteiger partial charge in [0.2, 0.25) is 0 Å². The molecule has 0 bridgehead atoms. The van der Waals surface area contributed by atoms with Gasteiger partial charge in [-0.15, -0.1) is 0 Å². The van der Waals surface area contributed by atoms with Gasteiger partial charge in [-0.25, -0.2) is 23.2 Å². The second-order valence-electron chi connectivity index (χ2n) is 11.5. The van der Waals surface area contributed by atoms with Gasteiger partial charge in [-0.2, -0.15) is 5.10 Å². The Balaban J connectivity index is 0.000000267. The number of carbonyl (C=O) groups excluding carboxylic acids is 1. The van der Waals surface area contributed by atoms with E-state index in [1.165, 1.54) is 0 Å². The van der Waals surface area contributed by atoms with E-state index in [2.05, 4.69) is 43.1 Å². The molecule has 2 amide bonds. The summed E-state index contributed by atoms with van der Waals surface area (Å²) < 4.78 is 35.2. The van der Waals surface area contributed by atoms with E-state index in [9.17, 15) is 13.6 Å². The predicted molar refractivity (Wildman–Crippen MR) is 154 cm³/mol. The molecule has 1 fully saturated rings. The highest BCUT2D eigenvalue weighted by Crippen LogP contribution is 2.35. The number of rotatable bonds is 6. The van der Waals surface area contributed by atoms with E-state index in [0.717, 1.165) is 42.6 Å². The SMILES string of the molecule is CCCNC(=O)N1C[C@@H](C)O[C@@H](C)C1.C[C@@H](c1nc(-c2cc(F)ccc2F)nn1Cc1ccccc1)C(C)(C)C. The van der Waals surface area contributed by atoms with Gasteiger partial charge in [0.25, 0.3) is 0 Å². The number of nitrogens with zero attached hydrogens (tertiary/aromatic N) is 4. The van der Waals surface area contributed by atoms with Crippen LogP contribution in [0.15, 0.2) is 48.5 Å². The molecule has 1 aliphatic heterocycles. The Kier molecular flexibility index (Phi) is 10.8. The molecule has 1 aromatic heterocycles. The summed E-state index contributed by atoms with van der Waals surface area (Å²) in [6, 6.07) is 13.3. The van der Waals surface area contributed by atoms with Crippen molar-refractivity contribution in [1.29, 1.82) is 0 Å². The van der Waals surface area contributed by atoms with Gasteiger partial charge < -0.3 is 15.0 Å². The lowest BCUT2D eigenvalue weighted by molar-refractivity contribution is -0.0544. The largest absolute Gasteiger partial charge is 0.372 e. The molecule has 2 aromatic carbocycles. The van der Waals surface area contributed by atoms with Crippen LogP contribution in [0.5, 0.6) is 0 Å². The Labute approximate surface area is 236 Å². The summed E-state index contributed by atoms with van der Waals surface area (Å²) in [5, 5.41) is 7.39. The third-order valence-electron chi connectivity index (χ3n) is 6.96. The van der Waals surface area contributed by atoms with E-state index in [0.29, 0.717) is 19.6 Å². The highest BCUT2D eigenvalue weighted by atomic mass is 19.1. The van der Waals surface area contributed by atoms with Crippen LogP contribution in [0, 0.1) is 17.0 Å². The van der Waals surface area contributed by atoms with E-state index in [4.69, 9.17) is 4.74 Å². The van der Waals surface area contributed by atoms with E-state index in [1.54, 1.807) is 4.68 Å². The summed E-state index contributed by atoms with van der Waals surface area (Å²) in [5.74, 6) is 0.0255. The molecule has 9 heteroatoms. The number of morpholine rings is 1. The van der Waals surface area contributed by atoms with Crippen LogP contribution in [0.3, 0.4) is 0 Å². The van der Waals surface area contributed by atoms with Crippen LogP contribution in [-0.2, 0) is 11.3 Å². The van der Waals surface area contributed by atoms with Gasteiger partial charge in [0.05, 0.1) is 24.3 Å². The molecule has 0 radical (unpaired) electrons. The van der Waals surface area contributed by atoms with E-state index in [1.807, 2.05) is 56.0 Å². The van der Waals surface area contributed by atoms with Crippen molar-refractivity contribution in [1.82, 2.24) is 25.0 Å². The molecule has 7 nitrogen and oxygen atoms in total. The molecule has 2 heterocycles. The normalized spacial score (nSPS) is 18.1. The van der Waals surface area contributed by atoms with Crippen molar-refractivity contribution < 1.29 is 18.3 Å². The summed E-state index contributed by atoms with van der Waals surface area (Å²) in [6.45, 7) is 17.2. The highest BCUT2D eigenvalue weighted by molar-refractivity contribution is 5.74. The fourth-order valence-electron chi connectivity index (χ4n) is 4.40. The number of benzene rings is 2. The number of hydrogen-bond acceptors (Lipinski definition) is 4. The quantitative estimate of drug-likeness (QED) is 0.370. The van der Waals surface area contributed by atoms with Crippen molar-refractivity contribution in [2.45, 2.75) is 79.6 Å². The molecule has 0 saturated carbocycles. The standard InChI is InChI=1S/C21H23F2N3.C10H20N2O2/c1-14(21(2,3)4)20-24-19(17-12-16(22)10-11-18(17)23)25-26(20)13-15-8-6-5-7-9-15;1-4-5-11-10(13)12-6-8(2)14-9(3)7-12/h5-12,14H,13H2,1-4H3;8-9H,4-7H2,1-3H3,(H,11,13)/t14-;8-,9+/m0./s1. The molecule has 4 rings (SSSR count). The molecule has 0 unspecified atom stereocenters. The Bertz CT molecular complexity index is 1230. The summed E-state index contributed by atoms with van der Waals surface area (Å²) in [4.78, 5) is 18.0. The molecule has 1 N–H and O–H groups in total. The van der Waals surface area contributed by atoms with Crippen molar-refractivity contribution in [2.75, 3.05) is 19.6 Å². The molecule has 1 saturated heterocycles. The van der Waals surface area contributed by atoms with Gasteiger partial charge in [0.15, 0.2) is 5.82 Å². The number of ether oxygens (including phenoxy) is 1. The Hall–Kier alpha value is -3.33. The molecule has 3 atom stereocenters. The predicted octanol–water partition coefficient (Wildman–Crippen LogP) is 6.64. The first-order valence-electron chi connectivity index (χ1n) is 14.0. The Morgan fingerprint density at radius 2 is 1.75 bits per heavy atom. The molecule has 3 aromatic rings. The first kappa shape index (κ1) is 31.2. The fourth-order valence-corrected chi connectivity index (χ4v) is 4.40. The summed E-state index contributed by atoms with van der Waals surface area (Å²) in [5.41, 5.74) is 1.12. The minimum atomic E-state index is -0.529. The van der Waals surface area contributed by atoms with Crippen molar-refractivity contribution in [2.24, 2.45) is 5.41 Å². The van der Waals surface area contributed by atoms with Crippen LogP contribution >= 0.6 is 0 Å². The van der Waals surface area contributed by atoms with Gasteiger partial charge in [-0.1, -0.05) is 65.0 Å². The van der Waals surface area contributed by atoms with Crippen LogP contribution in [0.4, 0.5) is 13.6 Å². The summed E-state index contributed by atoms with van der Waals surface area (Å²) in [6.07, 6.45) is 1.26. The number of halogens is 2. The first-order chi connectivity index (χ1) is 18.9. The first-order valence-corrected chi connectivity index (χ1v) is 14.0. The zero-order valence-electron chi connectivity index (χ0n) is 24.7. The van der Waals surface area contributed by atoms with Gasteiger partial charge in [0.1, 0.15) is 17.5 Å². The third-order valence-corrected chi connectivity index (χ3v) is 6.96. The van der Waals surface area contributed by atoms with E-state index < -0.39 is 11.6 Å². The molecule has 1 aliphatic rings. The number of amides is 2. The zero-order valence-corrected chi connectivity index (χ0v) is 24.7. The lowest BCUT2D eigenvalue weighted by atomic mass is 9.81. The topological polar surface area (TPSA) is 72.3 Å². The van der Waals surface area contributed by atoms with Gasteiger partial charge in [-0.05, 0) is 49.4 Å². The van der Waals surface area contributed by atoms with Crippen molar-refractivity contribution in [3.63, 3.8) is 0 Å². The zero-order chi connectivity index (χ0) is 29.4. The van der Waals surface area contributed by atoms with Crippen LogP contribution < -0.4 is 5.32 Å². The van der Waals surface area contributed by atoms with Crippen LogP contribution in [0.25, 0.3) is 11.4 Å². The smallest absolute Gasteiger partial charge is 0.317 e. The molecule has 40 heavy (non-hydrogen) atoms. The summed E-state index contributed by atoms with van der Waals surface area (Å²) >= 11 is 0. The maximum absolute atomic E-state index is 14.2. The van der Waals surface area contributed by atoms with E-state index in [-0.39, 0.29) is 41.0 Å². The number of urea groups is 1. The molecule has 0 spiro atoms. The van der Waals surface area contributed by atoms with Crippen LogP contribution in [-0.4, -0.2) is 57.5 Å². The maximum Gasteiger partial charge on any atom is 0.317 e.